The number of amides is 1. The molecule has 2 heterocycles. The second kappa shape index (κ2) is 5.63. The van der Waals surface area contributed by atoms with E-state index in [2.05, 4.69) is 9.97 Å². The maximum absolute atomic E-state index is 11.8. The smallest absolute Gasteiger partial charge is 0.239 e. The largest absolute Gasteiger partial charge is 0.373 e. The van der Waals surface area contributed by atoms with Crippen LogP contribution in [0.2, 0.25) is 0 Å². The van der Waals surface area contributed by atoms with Crippen LogP contribution in [0.25, 0.3) is 0 Å². The quantitative estimate of drug-likeness (QED) is 0.855. The Hall–Kier alpha value is -1.53. The first kappa shape index (κ1) is 13.9. The second-order valence-electron chi connectivity index (χ2n) is 5.08. The van der Waals surface area contributed by atoms with Crippen molar-refractivity contribution in [2.45, 2.75) is 39.0 Å². The molecule has 1 amide bonds. The summed E-state index contributed by atoms with van der Waals surface area (Å²) in [6.45, 7) is 7.14. The summed E-state index contributed by atoms with van der Waals surface area (Å²) in [7, 11) is 0. The molecule has 0 spiro atoms. The molecule has 0 aliphatic carbocycles. The zero-order chi connectivity index (χ0) is 14.0. The molecule has 2 N–H and O–H groups in total. The molecule has 1 saturated heterocycles. The van der Waals surface area contributed by atoms with Crippen LogP contribution >= 0.6 is 0 Å². The maximum atomic E-state index is 11.8. The van der Waals surface area contributed by atoms with Gasteiger partial charge in [-0.15, -0.1) is 0 Å². The summed E-state index contributed by atoms with van der Waals surface area (Å²) in [4.78, 5) is 22.1. The molecule has 1 aromatic heterocycles. The molecule has 6 heteroatoms. The Balaban J connectivity index is 2.24. The van der Waals surface area contributed by atoms with Gasteiger partial charge < -0.3 is 10.5 Å². The van der Waals surface area contributed by atoms with Gasteiger partial charge in [0.1, 0.15) is 11.9 Å². The van der Waals surface area contributed by atoms with Crippen LogP contribution in [0, 0.1) is 6.92 Å². The van der Waals surface area contributed by atoms with Gasteiger partial charge in [0.2, 0.25) is 5.91 Å². The molecule has 1 aromatic rings. The van der Waals surface area contributed by atoms with Gasteiger partial charge in [0, 0.05) is 31.0 Å². The minimum Gasteiger partial charge on any atom is -0.373 e. The first-order chi connectivity index (χ1) is 8.97. The van der Waals surface area contributed by atoms with E-state index in [9.17, 15) is 4.79 Å². The first-order valence-electron chi connectivity index (χ1n) is 6.44. The highest BCUT2D eigenvalue weighted by atomic mass is 16.5. The van der Waals surface area contributed by atoms with Crippen molar-refractivity contribution in [2.24, 2.45) is 5.73 Å². The lowest BCUT2D eigenvalue weighted by Gasteiger charge is -2.38. The molecule has 1 aliphatic heterocycles. The minimum absolute atomic E-state index is 0.0805. The zero-order valence-corrected chi connectivity index (χ0v) is 11.5. The van der Waals surface area contributed by atoms with Crippen LogP contribution in [0.4, 0.5) is 0 Å². The van der Waals surface area contributed by atoms with Gasteiger partial charge in [0.25, 0.3) is 0 Å². The van der Waals surface area contributed by atoms with Crippen molar-refractivity contribution < 1.29 is 9.53 Å². The number of nitrogens with zero attached hydrogens (tertiary/aromatic N) is 3. The number of aromatic nitrogens is 2. The third-order valence-electron chi connectivity index (χ3n) is 3.20. The van der Waals surface area contributed by atoms with Crippen LogP contribution in [-0.4, -0.2) is 46.1 Å². The molecule has 0 aromatic carbocycles. The third-order valence-corrected chi connectivity index (χ3v) is 3.20. The molecule has 0 saturated carbocycles. The Labute approximate surface area is 113 Å². The molecule has 2 rings (SSSR count). The second-order valence-corrected chi connectivity index (χ2v) is 5.08. The lowest BCUT2D eigenvalue weighted by atomic mass is 10.1. The number of carbonyl (C=O) groups is 1. The summed E-state index contributed by atoms with van der Waals surface area (Å²) in [6, 6.07) is -0.491. The van der Waals surface area contributed by atoms with E-state index in [1.54, 1.807) is 12.4 Å². The number of carbonyl (C=O) groups excluding carboxylic acids is 1. The van der Waals surface area contributed by atoms with E-state index in [-0.39, 0.29) is 18.1 Å². The Morgan fingerprint density at radius 1 is 1.37 bits per heavy atom. The van der Waals surface area contributed by atoms with Crippen LogP contribution in [-0.2, 0) is 9.53 Å². The van der Waals surface area contributed by atoms with E-state index >= 15 is 0 Å². The van der Waals surface area contributed by atoms with Crippen molar-refractivity contribution in [3.63, 3.8) is 0 Å². The minimum atomic E-state index is -0.491. The number of hydrogen-bond donors (Lipinski definition) is 1. The van der Waals surface area contributed by atoms with Crippen LogP contribution in [0.1, 0.15) is 31.3 Å². The van der Waals surface area contributed by atoms with E-state index in [4.69, 9.17) is 10.5 Å². The highest BCUT2D eigenvalue weighted by Crippen LogP contribution is 2.23. The van der Waals surface area contributed by atoms with Crippen molar-refractivity contribution in [1.82, 2.24) is 14.9 Å². The number of aryl methyl sites for hydroxylation is 1. The van der Waals surface area contributed by atoms with E-state index in [0.717, 1.165) is 5.56 Å². The van der Waals surface area contributed by atoms with Crippen LogP contribution in [0.5, 0.6) is 0 Å². The Morgan fingerprint density at radius 3 is 2.37 bits per heavy atom. The van der Waals surface area contributed by atoms with Gasteiger partial charge in [-0.3, -0.25) is 9.69 Å². The fraction of sp³-hybridized carbons (Fsp3) is 0.615. The van der Waals surface area contributed by atoms with Gasteiger partial charge in [0.05, 0.1) is 12.2 Å². The van der Waals surface area contributed by atoms with Crippen molar-refractivity contribution >= 4 is 5.91 Å². The predicted molar refractivity (Wildman–Crippen MR) is 70.3 cm³/mol. The summed E-state index contributed by atoms with van der Waals surface area (Å²) < 4.78 is 5.68. The molecule has 19 heavy (non-hydrogen) atoms. The van der Waals surface area contributed by atoms with E-state index < -0.39 is 6.04 Å². The van der Waals surface area contributed by atoms with Gasteiger partial charge in [-0.1, -0.05) is 0 Å². The number of morpholine rings is 1. The summed E-state index contributed by atoms with van der Waals surface area (Å²) in [5, 5.41) is 0. The molecule has 0 bridgehead atoms. The Bertz CT molecular complexity index is 438. The summed E-state index contributed by atoms with van der Waals surface area (Å²) >= 11 is 0. The van der Waals surface area contributed by atoms with Crippen molar-refractivity contribution in [3.8, 4) is 0 Å². The first-order valence-corrected chi connectivity index (χ1v) is 6.44. The monoisotopic (exact) mass is 264 g/mol. The molecule has 6 nitrogen and oxygen atoms in total. The number of primary amides is 1. The maximum Gasteiger partial charge on any atom is 0.239 e. The SMILES string of the molecule is Cc1ncc(C(C(N)=O)N2C[C@H](C)O[C@@H](C)C2)cn1. The molecule has 1 unspecified atom stereocenters. The topological polar surface area (TPSA) is 81.3 Å². The number of nitrogens with two attached hydrogens (primary N) is 1. The fourth-order valence-corrected chi connectivity index (χ4v) is 2.53. The fourth-order valence-electron chi connectivity index (χ4n) is 2.53. The van der Waals surface area contributed by atoms with Crippen molar-refractivity contribution in [1.29, 1.82) is 0 Å². The third kappa shape index (κ3) is 3.27. The Morgan fingerprint density at radius 2 is 1.89 bits per heavy atom. The van der Waals surface area contributed by atoms with E-state index in [1.807, 2.05) is 25.7 Å². The van der Waals surface area contributed by atoms with Crippen LogP contribution in [0.3, 0.4) is 0 Å². The van der Waals surface area contributed by atoms with Crippen molar-refractivity contribution in [3.05, 3.63) is 23.8 Å². The lowest BCUT2D eigenvalue weighted by Crippen LogP contribution is -2.50. The lowest BCUT2D eigenvalue weighted by molar-refractivity contribution is -0.130. The predicted octanol–water partition coefficient (Wildman–Crippen LogP) is 0.421. The van der Waals surface area contributed by atoms with E-state index in [0.29, 0.717) is 18.9 Å². The summed E-state index contributed by atoms with van der Waals surface area (Å²) in [5.41, 5.74) is 6.29. The van der Waals surface area contributed by atoms with Gasteiger partial charge in [0.15, 0.2) is 0 Å². The summed E-state index contributed by atoms with van der Waals surface area (Å²) in [6.07, 6.45) is 3.50. The summed E-state index contributed by atoms with van der Waals surface area (Å²) in [5.74, 6) is 0.296. The van der Waals surface area contributed by atoms with Crippen molar-refractivity contribution in [2.75, 3.05) is 13.1 Å². The van der Waals surface area contributed by atoms with Gasteiger partial charge >= 0.3 is 0 Å². The number of rotatable bonds is 3. The standard InChI is InChI=1S/C13H20N4O2/c1-8-6-17(7-9(2)19-8)12(13(14)18)11-4-15-10(3)16-5-11/h4-5,8-9,12H,6-7H2,1-3H3,(H2,14,18)/t8-,9-,12?/m0/s1. The molecule has 1 fully saturated rings. The number of ether oxygens (including phenoxy) is 1. The van der Waals surface area contributed by atoms with Crippen LogP contribution in [0.15, 0.2) is 12.4 Å². The molecule has 3 atom stereocenters. The van der Waals surface area contributed by atoms with Gasteiger partial charge in [-0.2, -0.15) is 0 Å². The average Bonchev–Trinajstić information content (AvgIpc) is 2.30. The zero-order valence-electron chi connectivity index (χ0n) is 11.5. The highest BCUT2D eigenvalue weighted by molar-refractivity contribution is 5.81. The average molecular weight is 264 g/mol. The van der Waals surface area contributed by atoms with Crippen LogP contribution < -0.4 is 5.73 Å². The number of hydrogen-bond acceptors (Lipinski definition) is 5. The molecular formula is C13H20N4O2. The Kier molecular flexibility index (Phi) is 4.11. The van der Waals surface area contributed by atoms with Gasteiger partial charge in [-0.25, -0.2) is 9.97 Å². The van der Waals surface area contributed by atoms with Gasteiger partial charge in [-0.05, 0) is 20.8 Å². The molecule has 104 valence electrons. The normalized spacial score (nSPS) is 26.1. The molecule has 1 aliphatic rings. The molecule has 0 radical (unpaired) electrons. The highest BCUT2D eigenvalue weighted by Gasteiger charge is 2.32. The molecular weight excluding hydrogens is 244 g/mol. The van der Waals surface area contributed by atoms with E-state index in [1.165, 1.54) is 0 Å².